The highest BCUT2D eigenvalue weighted by Gasteiger charge is 2.27. The summed E-state index contributed by atoms with van der Waals surface area (Å²) >= 11 is 2.24. The molecular weight excluding hydrogens is 440 g/mol. The van der Waals surface area contributed by atoms with Crippen LogP contribution in [-0.2, 0) is 24.3 Å². The number of carbonyl (C=O) groups is 2. The van der Waals surface area contributed by atoms with Crippen LogP contribution in [0.5, 0.6) is 0 Å². The van der Waals surface area contributed by atoms with Crippen LogP contribution in [0.15, 0.2) is 33.5 Å². The molecule has 0 aliphatic carbocycles. The first-order valence-corrected chi connectivity index (χ1v) is 11.7. The van der Waals surface area contributed by atoms with Gasteiger partial charge in [-0.15, -0.1) is 10.2 Å². The molecule has 156 valence electrons. The van der Waals surface area contributed by atoms with Gasteiger partial charge >= 0.3 is 5.97 Å². The summed E-state index contributed by atoms with van der Waals surface area (Å²) in [5, 5.41) is 10.6. The molecule has 1 N–H and O–H groups in total. The first-order valence-electron chi connectivity index (χ1n) is 8.42. The van der Waals surface area contributed by atoms with E-state index < -0.39 is 21.9 Å². The van der Waals surface area contributed by atoms with Gasteiger partial charge in [-0.05, 0) is 18.2 Å². The summed E-state index contributed by atoms with van der Waals surface area (Å²) in [7, 11) is -2.41. The average molecular weight is 459 g/mol. The Balaban J connectivity index is 1.68. The van der Waals surface area contributed by atoms with Crippen LogP contribution in [0.25, 0.3) is 0 Å². The molecule has 2 aromatic rings. The number of nitrogens with zero attached hydrogens (tertiary/aromatic N) is 3. The van der Waals surface area contributed by atoms with Crippen LogP contribution in [-0.4, -0.2) is 74.0 Å². The normalized spacial score (nSPS) is 15.1. The number of nitrogens with one attached hydrogen (secondary N) is 1. The van der Waals surface area contributed by atoms with E-state index in [1.165, 1.54) is 35.7 Å². The van der Waals surface area contributed by atoms with E-state index in [0.29, 0.717) is 17.6 Å². The summed E-state index contributed by atoms with van der Waals surface area (Å²) < 4.78 is 37.1. The molecule has 0 bridgehead atoms. The number of sulfonamides is 1. The van der Waals surface area contributed by atoms with Gasteiger partial charge in [0, 0.05) is 18.7 Å². The Morgan fingerprint density at radius 3 is 2.79 bits per heavy atom. The number of morpholine rings is 1. The van der Waals surface area contributed by atoms with Crippen molar-refractivity contribution in [2.45, 2.75) is 9.24 Å². The zero-order valence-electron chi connectivity index (χ0n) is 15.4. The van der Waals surface area contributed by atoms with Crippen molar-refractivity contribution in [1.82, 2.24) is 14.5 Å². The first kappa shape index (κ1) is 21.6. The van der Waals surface area contributed by atoms with Crippen LogP contribution >= 0.6 is 23.1 Å². The maximum absolute atomic E-state index is 12.8. The molecule has 3 rings (SSSR count). The van der Waals surface area contributed by atoms with Gasteiger partial charge in [-0.2, -0.15) is 4.31 Å². The van der Waals surface area contributed by atoms with Gasteiger partial charge in [0.2, 0.25) is 15.2 Å². The minimum Gasteiger partial charge on any atom is -0.468 e. The molecule has 1 aliphatic heterocycles. The van der Waals surface area contributed by atoms with Crippen LogP contribution in [0.2, 0.25) is 0 Å². The fourth-order valence-electron chi connectivity index (χ4n) is 2.40. The summed E-state index contributed by atoms with van der Waals surface area (Å²) in [6.45, 7) is 1.23. The molecule has 13 heteroatoms. The third kappa shape index (κ3) is 5.51. The van der Waals surface area contributed by atoms with Crippen molar-refractivity contribution in [2.24, 2.45) is 0 Å². The van der Waals surface area contributed by atoms with Crippen LogP contribution in [0.3, 0.4) is 0 Å². The van der Waals surface area contributed by atoms with Crippen molar-refractivity contribution < 1.29 is 27.5 Å². The smallest absolute Gasteiger partial charge is 0.316 e. The molecule has 0 spiro atoms. The van der Waals surface area contributed by atoms with Crippen LogP contribution in [0, 0.1) is 0 Å². The monoisotopic (exact) mass is 458 g/mol. The Labute approximate surface area is 175 Å². The summed E-state index contributed by atoms with van der Waals surface area (Å²) in [6.07, 6.45) is 0. The molecule has 0 atom stereocenters. The molecule has 1 aliphatic rings. The van der Waals surface area contributed by atoms with Crippen molar-refractivity contribution >= 4 is 50.1 Å². The summed E-state index contributed by atoms with van der Waals surface area (Å²) in [5.74, 6) is -0.820. The van der Waals surface area contributed by atoms with Crippen LogP contribution < -0.4 is 5.32 Å². The van der Waals surface area contributed by atoms with Gasteiger partial charge in [0.15, 0.2) is 4.34 Å². The third-order valence-electron chi connectivity index (χ3n) is 3.87. The molecule has 1 aromatic heterocycles. The predicted octanol–water partition coefficient (Wildman–Crippen LogP) is 1.08. The number of amides is 1. The Hall–Kier alpha value is -2.06. The Kier molecular flexibility index (Phi) is 7.18. The number of rotatable bonds is 7. The lowest BCUT2D eigenvalue weighted by atomic mass is 10.2. The zero-order valence-corrected chi connectivity index (χ0v) is 17.8. The molecular formula is C16H18N4O6S3. The van der Waals surface area contributed by atoms with E-state index in [9.17, 15) is 18.0 Å². The van der Waals surface area contributed by atoms with Gasteiger partial charge in [0.05, 0.1) is 31.0 Å². The summed E-state index contributed by atoms with van der Waals surface area (Å²) in [4.78, 5) is 23.7. The number of carbonyl (C=O) groups excluding carboxylic acids is 2. The molecule has 1 fully saturated rings. The molecule has 2 heterocycles. The van der Waals surface area contributed by atoms with Crippen LogP contribution in [0.4, 0.5) is 5.13 Å². The minimum atomic E-state index is -3.70. The van der Waals surface area contributed by atoms with Gasteiger partial charge in [-0.1, -0.05) is 29.2 Å². The average Bonchev–Trinajstić information content (AvgIpc) is 3.20. The second-order valence-electron chi connectivity index (χ2n) is 5.74. The Bertz CT molecular complexity index is 988. The van der Waals surface area contributed by atoms with E-state index in [1.807, 2.05) is 0 Å². The number of anilines is 1. The first-order chi connectivity index (χ1) is 13.9. The number of thioether (sulfide) groups is 1. The largest absolute Gasteiger partial charge is 0.468 e. The minimum absolute atomic E-state index is 0.0404. The number of esters is 1. The van der Waals surface area contributed by atoms with Crippen molar-refractivity contribution in [2.75, 3.05) is 44.5 Å². The summed E-state index contributed by atoms with van der Waals surface area (Å²) in [6, 6.07) is 5.81. The number of ether oxygens (including phenoxy) is 2. The van der Waals surface area contributed by atoms with Crippen molar-refractivity contribution in [1.29, 1.82) is 0 Å². The molecule has 1 aromatic carbocycles. The number of aromatic nitrogens is 2. The van der Waals surface area contributed by atoms with Crippen LogP contribution in [0.1, 0.15) is 10.4 Å². The molecule has 0 radical (unpaired) electrons. The topological polar surface area (TPSA) is 128 Å². The lowest BCUT2D eigenvalue weighted by molar-refractivity contribution is -0.137. The van der Waals surface area contributed by atoms with E-state index in [4.69, 9.17) is 4.74 Å². The van der Waals surface area contributed by atoms with E-state index in [2.05, 4.69) is 20.3 Å². The van der Waals surface area contributed by atoms with E-state index in [1.54, 1.807) is 0 Å². The number of hydrogen-bond donors (Lipinski definition) is 1. The van der Waals surface area contributed by atoms with Crippen molar-refractivity contribution in [3.8, 4) is 0 Å². The maximum Gasteiger partial charge on any atom is 0.316 e. The molecule has 10 nitrogen and oxygen atoms in total. The lowest BCUT2D eigenvalue weighted by Gasteiger charge is -2.26. The Morgan fingerprint density at radius 2 is 2.07 bits per heavy atom. The van der Waals surface area contributed by atoms with Gasteiger partial charge in [-0.25, -0.2) is 8.42 Å². The highest BCUT2D eigenvalue weighted by molar-refractivity contribution is 8.01. The third-order valence-corrected chi connectivity index (χ3v) is 7.71. The maximum atomic E-state index is 12.8. The highest BCUT2D eigenvalue weighted by Crippen LogP contribution is 2.26. The predicted molar refractivity (Wildman–Crippen MR) is 107 cm³/mol. The fourth-order valence-corrected chi connectivity index (χ4v) is 5.44. The molecule has 29 heavy (non-hydrogen) atoms. The molecule has 1 amide bonds. The number of methoxy groups -OCH3 is 1. The number of benzene rings is 1. The second kappa shape index (κ2) is 9.63. The SMILES string of the molecule is COC(=O)CSc1nnc(NC(=O)c2cccc(S(=O)(=O)N3CCOCC3)c2)s1. The van der Waals surface area contributed by atoms with E-state index in [-0.39, 0.29) is 34.4 Å². The van der Waals surface area contributed by atoms with Gasteiger partial charge in [0.1, 0.15) is 0 Å². The second-order valence-corrected chi connectivity index (χ2v) is 9.87. The standard InChI is InChI=1S/C16H18N4O6S3/c1-25-13(21)10-27-16-19-18-15(28-16)17-14(22)11-3-2-4-12(9-11)29(23,24)20-5-7-26-8-6-20/h2-4,9H,5-8,10H2,1H3,(H,17,18,22). The van der Waals surface area contributed by atoms with Gasteiger partial charge < -0.3 is 9.47 Å². The molecule has 1 saturated heterocycles. The fraction of sp³-hybridized carbons (Fsp3) is 0.375. The lowest BCUT2D eigenvalue weighted by Crippen LogP contribution is -2.40. The molecule has 0 saturated carbocycles. The molecule has 0 unspecified atom stereocenters. The van der Waals surface area contributed by atoms with Gasteiger partial charge in [-0.3, -0.25) is 14.9 Å². The highest BCUT2D eigenvalue weighted by atomic mass is 32.2. The Morgan fingerprint density at radius 1 is 1.31 bits per heavy atom. The summed E-state index contributed by atoms with van der Waals surface area (Å²) in [5.41, 5.74) is 0.179. The van der Waals surface area contributed by atoms with E-state index in [0.717, 1.165) is 23.1 Å². The quantitative estimate of drug-likeness (QED) is 0.368. The van der Waals surface area contributed by atoms with Crippen molar-refractivity contribution in [3.05, 3.63) is 29.8 Å². The zero-order chi connectivity index (χ0) is 20.9. The van der Waals surface area contributed by atoms with Crippen molar-refractivity contribution in [3.63, 3.8) is 0 Å². The van der Waals surface area contributed by atoms with E-state index >= 15 is 0 Å². The number of hydrogen-bond acceptors (Lipinski definition) is 10. The van der Waals surface area contributed by atoms with Gasteiger partial charge in [0.25, 0.3) is 5.91 Å².